The van der Waals surface area contributed by atoms with Gasteiger partial charge in [-0.05, 0) is 36.2 Å². The number of nitrogens with zero attached hydrogens (tertiary/aromatic N) is 3. The summed E-state index contributed by atoms with van der Waals surface area (Å²) in [7, 11) is 0. The van der Waals surface area contributed by atoms with Crippen LogP contribution in [0.4, 0.5) is 10.8 Å². The second-order valence-corrected chi connectivity index (χ2v) is 8.66. The largest absolute Gasteiger partial charge is 0.507 e. The van der Waals surface area contributed by atoms with Gasteiger partial charge in [0.2, 0.25) is 0 Å². The Kier molecular flexibility index (Phi) is 4.94. The molecule has 5 rings (SSSR count). The van der Waals surface area contributed by atoms with Crippen LogP contribution in [0.5, 0.6) is 5.75 Å². The van der Waals surface area contributed by atoms with Crippen molar-refractivity contribution in [2.75, 3.05) is 4.90 Å². The number of hydrogen-bond acceptors (Lipinski definition) is 8. The number of aliphatic hydroxyl groups is 1. The number of fused-ring (bicyclic) bond motifs is 1. The minimum absolute atomic E-state index is 0.00209. The number of Topliss-reactive ketones (excluding diaryl/α,β-unsaturated/α-hetero) is 1. The van der Waals surface area contributed by atoms with E-state index in [-0.39, 0.29) is 28.3 Å². The smallest absolute Gasteiger partial charge is 0.301 e. The Morgan fingerprint density at radius 1 is 1.27 bits per heavy atom. The van der Waals surface area contributed by atoms with Gasteiger partial charge < -0.3 is 9.84 Å². The standard InChI is InChI=1S/C23H17N3O6S/c1-12-9-15-10-14(5-6-17(15)32-12)20(27)18-19(13-3-2-4-16(11-13)26(30)31)25(22(29)21(18)28)23-24-7-8-33-23/h2-8,10-12,19,27H,9H2,1H3/b20-18+. The van der Waals surface area contributed by atoms with Crippen molar-refractivity contribution < 1.29 is 24.4 Å². The molecule has 10 heteroatoms. The third-order valence-corrected chi connectivity index (χ3v) is 6.41. The molecule has 166 valence electrons. The van der Waals surface area contributed by atoms with Gasteiger partial charge >= 0.3 is 5.91 Å². The topological polar surface area (TPSA) is 123 Å². The number of aromatic nitrogens is 1. The second-order valence-electron chi connectivity index (χ2n) is 7.79. The Morgan fingerprint density at radius 2 is 2.09 bits per heavy atom. The lowest BCUT2D eigenvalue weighted by atomic mass is 9.94. The Hall–Kier alpha value is -4.05. The summed E-state index contributed by atoms with van der Waals surface area (Å²) in [5, 5.41) is 24.5. The second kappa shape index (κ2) is 7.82. The lowest BCUT2D eigenvalue weighted by Crippen LogP contribution is -2.29. The van der Waals surface area contributed by atoms with Crippen molar-refractivity contribution in [3.05, 3.63) is 86.4 Å². The molecule has 3 aromatic rings. The van der Waals surface area contributed by atoms with Gasteiger partial charge in [-0.1, -0.05) is 12.1 Å². The van der Waals surface area contributed by atoms with E-state index in [2.05, 4.69) is 4.98 Å². The molecule has 1 amide bonds. The summed E-state index contributed by atoms with van der Waals surface area (Å²) in [6.45, 7) is 1.93. The van der Waals surface area contributed by atoms with Gasteiger partial charge in [-0.15, -0.1) is 11.3 Å². The highest BCUT2D eigenvalue weighted by atomic mass is 32.1. The molecule has 1 fully saturated rings. The van der Waals surface area contributed by atoms with Crippen molar-refractivity contribution in [1.29, 1.82) is 0 Å². The number of aliphatic hydroxyl groups excluding tert-OH is 1. The Labute approximate surface area is 191 Å². The van der Waals surface area contributed by atoms with Crippen LogP contribution in [0.2, 0.25) is 0 Å². The Bertz CT molecular complexity index is 1330. The molecule has 0 saturated carbocycles. The predicted molar refractivity (Wildman–Crippen MR) is 120 cm³/mol. The minimum Gasteiger partial charge on any atom is -0.507 e. The third kappa shape index (κ3) is 3.44. The van der Waals surface area contributed by atoms with Crippen LogP contribution in [0, 0.1) is 10.1 Å². The zero-order chi connectivity index (χ0) is 23.3. The normalized spacial score (nSPS) is 21.2. The van der Waals surface area contributed by atoms with E-state index in [0.717, 1.165) is 16.9 Å². The fourth-order valence-electron chi connectivity index (χ4n) is 4.21. The summed E-state index contributed by atoms with van der Waals surface area (Å²) in [6.07, 6.45) is 2.14. The fraction of sp³-hybridized carbons (Fsp3) is 0.174. The molecular weight excluding hydrogens is 446 g/mol. The Balaban J connectivity index is 1.70. The zero-order valence-corrected chi connectivity index (χ0v) is 18.1. The molecule has 0 aliphatic carbocycles. The summed E-state index contributed by atoms with van der Waals surface area (Å²) in [4.78, 5) is 42.3. The number of non-ortho nitro benzene ring substituents is 1. The molecule has 1 N–H and O–H groups in total. The highest BCUT2D eigenvalue weighted by Crippen LogP contribution is 2.43. The van der Waals surface area contributed by atoms with Gasteiger partial charge in [0.05, 0.1) is 16.5 Å². The average Bonchev–Trinajstić information content (AvgIpc) is 3.51. The van der Waals surface area contributed by atoms with Crippen LogP contribution in [-0.4, -0.2) is 32.8 Å². The first kappa shape index (κ1) is 20.8. The number of nitro benzene ring substituents is 1. The minimum atomic E-state index is -1.07. The van der Waals surface area contributed by atoms with Gasteiger partial charge in [-0.25, -0.2) is 4.98 Å². The molecular formula is C23H17N3O6S. The first-order chi connectivity index (χ1) is 15.8. The van der Waals surface area contributed by atoms with E-state index in [1.165, 1.54) is 29.3 Å². The summed E-state index contributed by atoms with van der Waals surface area (Å²) in [5.74, 6) is -1.39. The van der Waals surface area contributed by atoms with Crippen LogP contribution in [0.1, 0.15) is 29.7 Å². The maximum absolute atomic E-state index is 13.1. The molecule has 1 saturated heterocycles. The summed E-state index contributed by atoms with van der Waals surface area (Å²) < 4.78 is 5.70. The van der Waals surface area contributed by atoms with E-state index in [0.29, 0.717) is 23.3 Å². The van der Waals surface area contributed by atoms with E-state index >= 15 is 0 Å². The van der Waals surface area contributed by atoms with E-state index in [1.54, 1.807) is 29.6 Å². The first-order valence-corrected chi connectivity index (χ1v) is 11.0. The molecule has 0 radical (unpaired) electrons. The number of rotatable bonds is 4. The van der Waals surface area contributed by atoms with Gasteiger partial charge in [-0.2, -0.15) is 0 Å². The molecule has 3 heterocycles. The molecule has 1 aromatic heterocycles. The van der Waals surface area contributed by atoms with Gasteiger partial charge in [0.15, 0.2) is 5.13 Å². The lowest BCUT2D eigenvalue weighted by Gasteiger charge is -2.22. The summed E-state index contributed by atoms with van der Waals surface area (Å²) in [5.41, 5.74) is 1.22. The van der Waals surface area contributed by atoms with E-state index in [9.17, 15) is 24.8 Å². The van der Waals surface area contributed by atoms with Crippen molar-refractivity contribution in [3.63, 3.8) is 0 Å². The van der Waals surface area contributed by atoms with Crippen LogP contribution in [0.3, 0.4) is 0 Å². The zero-order valence-electron chi connectivity index (χ0n) is 17.3. The van der Waals surface area contributed by atoms with Crippen LogP contribution < -0.4 is 9.64 Å². The average molecular weight is 463 g/mol. The molecule has 2 aliphatic heterocycles. The first-order valence-electron chi connectivity index (χ1n) is 10.1. The molecule has 0 spiro atoms. The lowest BCUT2D eigenvalue weighted by molar-refractivity contribution is -0.384. The highest BCUT2D eigenvalue weighted by Gasteiger charge is 2.48. The van der Waals surface area contributed by atoms with Gasteiger partial charge in [-0.3, -0.25) is 24.6 Å². The molecule has 33 heavy (non-hydrogen) atoms. The van der Waals surface area contributed by atoms with Crippen LogP contribution in [0.25, 0.3) is 5.76 Å². The van der Waals surface area contributed by atoms with Gasteiger partial charge in [0, 0.05) is 35.7 Å². The molecule has 9 nitrogen and oxygen atoms in total. The maximum atomic E-state index is 13.1. The molecule has 2 aliphatic rings. The summed E-state index contributed by atoms with van der Waals surface area (Å²) in [6, 6.07) is 9.66. The predicted octanol–water partition coefficient (Wildman–Crippen LogP) is 4.00. The number of benzene rings is 2. The summed E-state index contributed by atoms with van der Waals surface area (Å²) >= 11 is 1.15. The fourth-order valence-corrected chi connectivity index (χ4v) is 4.88. The molecule has 0 bridgehead atoms. The third-order valence-electron chi connectivity index (χ3n) is 5.64. The number of ketones is 1. The highest BCUT2D eigenvalue weighted by molar-refractivity contribution is 7.14. The molecule has 2 aromatic carbocycles. The number of anilines is 1. The van der Waals surface area contributed by atoms with Crippen LogP contribution in [0.15, 0.2) is 59.6 Å². The number of carbonyl (C=O) groups is 2. The van der Waals surface area contributed by atoms with Gasteiger partial charge in [0.25, 0.3) is 11.5 Å². The molecule has 2 unspecified atom stereocenters. The number of carbonyl (C=O) groups excluding carboxylic acids is 2. The van der Waals surface area contributed by atoms with Crippen molar-refractivity contribution in [3.8, 4) is 5.75 Å². The number of amides is 1. The van der Waals surface area contributed by atoms with Crippen molar-refractivity contribution >= 4 is 39.6 Å². The van der Waals surface area contributed by atoms with E-state index < -0.39 is 22.7 Å². The van der Waals surface area contributed by atoms with Crippen molar-refractivity contribution in [2.24, 2.45) is 0 Å². The van der Waals surface area contributed by atoms with E-state index in [1.807, 2.05) is 6.92 Å². The maximum Gasteiger partial charge on any atom is 0.301 e. The number of nitro groups is 1. The van der Waals surface area contributed by atoms with Crippen molar-refractivity contribution in [1.82, 2.24) is 4.98 Å². The monoisotopic (exact) mass is 463 g/mol. The van der Waals surface area contributed by atoms with Crippen LogP contribution >= 0.6 is 11.3 Å². The van der Waals surface area contributed by atoms with Crippen molar-refractivity contribution in [2.45, 2.75) is 25.5 Å². The number of ether oxygens (including phenoxy) is 1. The SMILES string of the molecule is CC1Cc2cc(/C(O)=C3\C(=O)C(=O)N(c4nccs4)C3c3cccc([N+](=O)[O-])c3)ccc2O1. The van der Waals surface area contributed by atoms with E-state index in [4.69, 9.17) is 4.74 Å². The molecule has 2 atom stereocenters. The van der Waals surface area contributed by atoms with Gasteiger partial charge in [0.1, 0.15) is 17.6 Å². The quantitative estimate of drug-likeness (QED) is 0.204. The Morgan fingerprint density at radius 3 is 2.82 bits per heavy atom. The number of hydrogen-bond donors (Lipinski definition) is 1. The van der Waals surface area contributed by atoms with Crippen LogP contribution in [-0.2, 0) is 16.0 Å². The number of thiazole rings is 1.